The van der Waals surface area contributed by atoms with Crippen molar-refractivity contribution < 1.29 is 5.11 Å². The SMILES string of the molecule is CCC1(CN)CC1CO. The molecule has 0 spiro atoms. The van der Waals surface area contributed by atoms with Crippen LogP contribution in [-0.2, 0) is 0 Å². The van der Waals surface area contributed by atoms with Gasteiger partial charge in [-0.2, -0.15) is 0 Å². The summed E-state index contributed by atoms with van der Waals surface area (Å²) in [5, 5.41) is 8.75. The number of nitrogens with two attached hydrogens (primary N) is 1. The largest absolute Gasteiger partial charge is 0.396 e. The fourth-order valence-corrected chi connectivity index (χ4v) is 1.52. The van der Waals surface area contributed by atoms with Gasteiger partial charge in [0.15, 0.2) is 0 Å². The van der Waals surface area contributed by atoms with E-state index in [2.05, 4.69) is 6.92 Å². The molecule has 0 bridgehead atoms. The summed E-state index contributed by atoms with van der Waals surface area (Å²) in [6, 6.07) is 0. The van der Waals surface area contributed by atoms with E-state index in [1.807, 2.05) is 0 Å². The van der Waals surface area contributed by atoms with Crippen LogP contribution in [0.3, 0.4) is 0 Å². The smallest absolute Gasteiger partial charge is 0.0465 e. The molecule has 0 amide bonds. The summed E-state index contributed by atoms with van der Waals surface area (Å²) in [5.74, 6) is 0.507. The molecule has 54 valence electrons. The Bertz CT molecular complexity index is 99.1. The highest BCUT2D eigenvalue weighted by atomic mass is 16.3. The molecule has 0 aromatic heterocycles. The molecule has 1 aliphatic rings. The fourth-order valence-electron chi connectivity index (χ4n) is 1.52. The summed E-state index contributed by atoms with van der Waals surface area (Å²) in [5.41, 5.74) is 5.86. The zero-order valence-electron chi connectivity index (χ0n) is 5.93. The maximum Gasteiger partial charge on any atom is 0.0465 e. The lowest BCUT2D eigenvalue weighted by Gasteiger charge is -2.09. The highest BCUT2D eigenvalue weighted by Crippen LogP contribution is 2.53. The van der Waals surface area contributed by atoms with Gasteiger partial charge in [-0.3, -0.25) is 0 Å². The topological polar surface area (TPSA) is 46.2 Å². The normalized spacial score (nSPS) is 41.0. The Kier molecular flexibility index (Phi) is 1.78. The molecular weight excluding hydrogens is 114 g/mol. The second-order valence-electron chi connectivity index (χ2n) is 3.00. The van der Waals surface area contributed by atoms with Gasteiger partial charge in [0.05, 0.1) is 0 Å². The first-order valence-corrected chi connectivity index (χ1v) is 3.60. The maximum absolute atomic E-state index is 8.75. The van der Waals surface area contributed by atoms with Gasteiger partial charge in [0.25, 0.3) is 0 Å². The van der Waals surface area contributed by atoms with E-state index >= 15 is 0 Å². The average molecular weight is 129 g/mol. The van der Waals surface area contributed by atoms with Gasteiger partial charge in [0, 0.05) is 6.61 Å². The zero-order valence-corrected chi connectivity index (χ0v) is 5.93. The van der Waals surface area contributed by atoms with Crippen molar-refractivity contribution >= 4 is 0 Å². The van der Waals surface area contributed by atoms with Crippen molar-refractivity contribution in [3.8, 4) is 0 Å². The van der Waals surface area contributed by atoms with Crippen LogP contribution in [0.1, 0.15) is 19.8 Å². The molecular formula is C7H15NO. The molecule has 0 aliphatic heterocycles. The van der Waals surface area contributed by atoms with Crippen molar-refractivity contribution in [2.24, 2.45) is 17.1 Å². The standard InChI is InChI=1S/C7H15NO/c1-2-7(5-8)3-6(7)4-9/h6,9H,2-5,8H2,1H3. The number of hydrogen-bond donors (Lipinski definition) is 2. The molecule has 1 saturated carbocycles. The Balaban J connectivity index is 2.37. The van der Waals surface area contributed by atoms with Crippen molar-refractivity contribution in [2.45, 2.75) is 19.8 Å². The highest BCUT2D eigenvalue weighted by molar-refractivity contribution is 5.01. The summed E-state index contributed by atoms with van der Waals surface area (Å²) >= 11 is 0. The first kappa shape index (κ1) is 7.03. The minimum Gasteiger partial charge on any atom is -0.396 e. The lowest BCUT2D eigenvalue weighted by molar-refractivity contribution is 0.248. The molecule has 2 nitrogen and oxygen atoms in total. The van der Waals surface area contributed by atoms with E-state index in [0.717, 1.165) is 19.4 Å². The van der Waals surface area contributed by atoms with Gasteiger partial charge in [0.2, 0.25) is 0 Å². The molecule has 0 saturated heterocycles. The molecule has 0 heterocycles. The Morgan fingerprint density at radius 3 is 2.56 bits per heavy atom. The second-order valence-corrected chi connectivity index (χ2v) is 3.00. The lowest BCUT2D eigenvalue weighted by atomic mass is 10.0. The van der Waals surface area contributed by atoms with Crippen LogP contribution in [0.25, 0.3) is 0 Å². The van der Waals surface area contributed by atoms with E-state index in [9.17, 15) is 0 Å². The zero-order chi connectivity index (χ0) is 6.91. The van der Waals surface area contributed by atoms with E-state index in [1.165, 1.54) is 0 Å². The Morgan fingerprint density at radius 1 is 1.78 bits per heavy atom. The van der Waals surface area contributed by atoms with Crippen molar-refractivity contribution in [1.82, 2.24) is 0 Å². The first-order valence-electron chi connectivity index (χ1n) is 3.60. The quantitative estimate of drug-likeness (QED) is 0.577. The highest BCUT2D eigenvalue weighted by Gasteiger charge is 2.50. The Morgan fingerprint density at radius 2 is 2.44 bits per heavy atom. The van der Waals surface area contributed by atoms with Crippen LogP contribution in [0.2, 0.25) is 0 Å². The van der Waals surface area contributed by atoms with Gasteiger partial charge >= 0.3 is 0 Å². The molecule has 3 N–H and O–H groups in total. The van der Waals surface area contributed by atoms with Gasteiger partial charge in [-0.25, -0.2) is 0 Å². The molecule has 2 atom stereocenters. The molecule has 1 rings (SSSR count). The third kappa shape index (κ3) is 0.970. The molecule has 2 unspecified atom stereocenters. The van der Waals surface area contributed by atoms with Crippen molar-refractivity contribution in [1.29, 1.82) is 0 Å². The maximum atomic E-state index is 8.75. The van der Waals surface area contributed by atoms with Crippen LogP contribution in [0.5, 0.6) is 0 Å². The third-order valence-electron chi connectivity index (χ3n) is 2.69. The third-order valence-corrected chi connectivity index (χ3v) is 2.69. The van der Waals surface area contributed by atoms with Crippen LogP contribution in [-0.4, -0.2) is 18.3 Å². The molecule has 0 aromatic carbocycles. The van der Waals surface area contributed by atoms with Crippen LogP contribution in [0.4, 0.5) is 0 Å². The summed E-state index contributed by atoms with van der Waals surface area (Å²) in [6.45, 7) is 3.21. The van der Waals surface area contributed by atoms with Crippen molar-refractivity contribution in [3.05, 3.63) is 0 Å². The van der Waals surface area contributed by atoms with Gasteiger partial charge in [-0.05, 0) is 30.7 Å². The predicted molar refractivity (Wildman–Crippen MR) is 37.0 cm³/mol. The van der Waals surface area contributed by atoms with E-state index in [-0.39, 0.29) is 0 Å². The van der Waals surface area contributed by atoms with E-state index in [4.69, 9.17) is 10.8 Å². The Labute approximate surface area is 56.1 Å². The van der Waals surface area contributed by atoms with Gasteiger partial charge < -0.3 is 10.8 Å². The van der Waals surface area contributed by atoms with Gasteiger partial charge in [0.1, 0.15) is 0 Å². The lowest BCUT2D eigenvalue weighted by Crippen LogP contribution is -2.17. The molecule has 0 aromatic rings. The van der Waals surface area contributed by atoms with E-state index in [0.29, 0.717) is 17.9 Å². The number of aliphatic hydroxyl groups is 1. The molecule has 2 heteroatoms. The summed E-state index contributed by atoms with van der Waals surface area (Å²) in [4.78, 5) is 0. The van der Waals surface area contributed by atoms with Crippen LogP contribution < -0.4 is 5.73 Å². The van der Waals surface area contributed by atoms with Gasteiger partial charge in [-0.1, -0.05) is 6.92 Å². The van der Waals surface area contributed by atoms with E-state index in [1.54, 1.807) is 0 Å². The number of hydrogen-bond acceptors (Lipinski definition) is 2. The van der Waals surface area contributed by atoms with Crippen molar-refractivity contribution in [2.75, 3.05) is 13.2 Å². The van der Waals surface area contributed by atoms with Crippen molar-refractivity contribution in [3.63, 3.8) is 0 Å². The minimum absolute atomic E-state index is 0.324. The molecule has 0 radical (unpaired) electrons. The number of rotatable bonds is 3. The second kappa shape index (κ2) is 2.27. The van der Waals surface area contributed by atoms with Crippen LogP contribution in [0, 0.1) is 11.3 Å². The fraction of sp³-hybridized carbons (Fsp3) is 1.00. The molecule has 1 aliphatic carbocycles. The molecule has 9 heavy (non-hydrogen) atoms. The number of aliphatic hydroxyl groups excluding tert-OH is 1. The minimum atomic E-state index is 0.324. The summed E-state index contributed by atoms with van der Waals surface area (Å²) < 4.78 is 0. The average Bonchev–Trinajstić information content (AvgIpc) is 2.63. The Hall–Kier alpha value is -0.0800. The first-order chi connectivity index (χ1) is 4.29. The summed E-state index contributed by atoms with van der Waals surface area (Å²) in [6.07, 6.45) is 2.26. The predicted octanol–water partition coefficient (Wildman–Crippen LogP) is 0.354. The van der Waals surface area contributed by atoms with Gasteiger partial charge in [-0.15, -0.1) is 0 Å². The van der Waals surface area contributed by atoms with Crippen LogP contribution >= 0.6 is 0 Å². The van der Waals surface area contributed by atoms with E-state index < -0.39 is 0 Å². The monoisotopic (exact) mass is 129 g/mol. The summed E-state index contributed by atoms with van der Waals surface area (Å²) in [7, 11) is 0. The van der Waals surface area contributed by atoms with Crippen LogP contribution in [0.15, 0.2) is 0 Å². The molecule has 1 fully saturated rings.